The Hall–Kier alpha value is -1.28. The van der Waals surface area contributed by atoms with Crippen LogP contribution in [0.25, 0.3) is 0 Å². The fraction of sp³-hybridized carbons (Fsp3) is 0.333. The van der Waals surface area contributed by atoms with Gasteiger partial charge in [0.1, 0.15) is 0 Å². The van der Waals surface area contributed by atoms with E-state index in [4.69, 9.17) is 0 Å². The number of rotatable bonds is 2. The molecule has 0 saturated carbocycles. The summed E-state index contributed by atoms with van der Waals surface area (Å²) in [6.45, 7) is 4.39. The zero-order chi connectivity index (χ0) is 13.9. The van der Waals surface area contributed by atoms with Gasteiger partial charge in [-0.2, -0.15) is 0 Å². The molecule has 0 bridgehead atoms. The molecule has 1 aliphatic rings. The highest BCUT2D eigenvalue weighted by molar-refractivity contribution is 9.08. The topological polar surface area (TPSA) is 3.24 Å². The van der Waals surface area contributed by atoms with Crippen molar-refractivity contribution >= 4 is 21.6 Å². The van der Waals surface area contributed by atoms with Gasteiger partial charge in [0.25, 0.3) is 0 Å². The van der Waals surface area contributed by atoms with E-state index in [9.17, 15) is 0 Å². The van der Waals surface area contributed by atoms with Gasteiger partial charge in [-0.3, -0.25) is 0 Å². The van der Waals surface area contributed by atoms with Crippen LogP contribution in [0.2, 0.25) is 0 Å². The Morgan fingerprint density at radius 3 is 2.65 bits per heavy atom. The van der Waals surface area contributed by atoms with Crippen molar-refractivity contribution in [1.82, 2.24) is 0 Å². The molecule has 20 heavy (non-hydrogen) atoms. The van der Waals surface area contributed by atoms with Crippen LogP contribution < -0.4 is 4.90 Å². The summed E-state index contributed by atoms with van der Waals surface area (Å²) in [5.74, 6) is 0. The fourth-order valence-corrected chi connectivity index (χ4v) is 3.41. The molecule has 0 aromatic heterocycles. The monoisotopic (exact) mass is 329 g/mol. The molecule has 0 unspecified atom stereocenters. The van der Waals surface area contributed by atoms with Crippen LogP contribution in [0.15, 0.2) is 42.5 Å². The van der Waals surface area contributed by atoms with E-state index in [-0.39, 0.29) is 0 Å². The number of halogens is 1. The minimum Gasteiger partial charge on any atom is -0.367 e. The van der Waals surface area contributed by atoms with Crippen LogP contribution >= 0.6 is 15.9 Å². The third-order valence-corrected chi connectivity index (χ3v) is 4.76. The third-order valence-electron chi connectivity index (χ3n) is 4.11. The lowest BCUT2D eigenvalue weighted by Gasteiger charge is -2.25. The van der Waals surface area contributed by atoms with Gasteiger partial charge in [0.15, 0.2) is 0 Å². The van der Waals surface area contributed by atoms with Gasteiger partial charge < -0.3 is 4.90 Å². The van der Waals surface area contributed by atoms with Crippen molar-refractivity contribution in [2.24, 2.45) is 0 Å². The molecule has 0 amide bonds. The molecule has 0 atom stereocenters. The van der Waals surface area contributed by atoms with Gasteiger partial charge in [0.2, 0.25) is 0 Å². The van der Waals surface area contributed by atoms with Crippen molar-refractivity contribution in [2.45, 2.75) is 31.6 Å². The average Bonchev–Trinajstić information content (AvgIpc) is 2.69. The SMILES string of the molecule is Cc1cc(CBr)ccc1N1CCCc2ccccc2C1. The summed E-state index contributed by atoms with van der Waals surface area (Å²) in [6, 6.07) is 15.7. The molecule has 104 valence electrons. The maximum atomic E-state index is 3.53. The van der Waals surface area contributed by atoms with E-state index >= 15 is 0 Å². The summed E-state index contributed by atoms with van der Waals surface area (Å²) < 4.78 is 0. The molecule has 2 aromatic carbocycles. The quantitative estimate of drug-likeness (QED) is 0.712. The standard InChI is InChI=1S/C18H20BrN/c1-14-11-15(12-19)8-9-18(14)20-10-4-7-16-5-2-3-6-17(16)13-20/h2-3,5-6,8-9,11H,4,7,10,12-13H2,1H3. The van der Waals surface area contributed by atoms with E-state index in [1.165, 1.54) is 40.8 Å². The van der Waals surface area contributed by atoms with E-state index in [0.717, 1.165) is 18.4 Å². The number of anilines is 1. The maximum Gasteiger partial charge on any atom is 0.0432 e. The van der Waals surface area contributed by atoms with E-state index < -0.39 is 0 Å². The minimum absolute atomic E-state index is 0.928. The lowest BCUT2D eigenvalue weighted by molar-refractivity contribution is 0.763. The number of nitrogens with zero attached hydrogens (tertiary/aromatic N) is 1. The van der Waals surface area contributed by atoms with E-state index in [1.807, 2.05) is 0 Å². The molecule has 0 radical (unpaired) electrons. The van der Waals surface area contributed by atoms with Gasteiger partial charge in [0, 0.05) is 24.1 Å². The summed E-state index contributed by atoms with van der Waals surface area (Å²) in [5.41, 5.74) is 7.10. The highest BCUT2D eigenvalue weighted by Crippen LogP contribution is 2.27. The van der Waals surface area contributed by atoms with Gasteiger partial charge in [-0.1, -0.05) is 52.3 Å². The van der Waals surface area contributed by atoms with Crippen molar-refractivity contribution < 1.29 is 0 Å². The van der Waals surface area contributed by atoms with Crippen LogP contribution in [0.5, 0.6) is 0 Å². The lowest BCUT2D eigenvalue weighted by Crippen LogP contribution is -2.23. The summed E-state index contributed by atoms with van der Waals surface area (Å²) >= 11 is 3.53. The predicted molar refractivity (Wildman–Crippen MR) is 89.6 cm³/mol. The molecule has 0 N–H and O–H groups in total. The largest absolute Gasteiger partial charge is 0.367 e. The number of benzene rings is 2. The van der Waals surface area contributed by atoms with Gasteiger partial charge >= 0.3 is 0 Å². The molecule has 0 aliphatic carbocycles. The Balaban J connectivity index is 1.91. The maximum absolute atomic E-state index is 3.53. The smallest absolute Gasteiger partial charge is 0.0432 e. The molecule has 2 heteroatoms. The zero-order valence-corrected chi connectivity index (χ0v) is 13.5. The van der Waals surface area contributed by atoms with Crippen molar-refractivity contribution in [1.29, 1.82) is 0 Å². The van der Waals surface area contributed by atoms with Crippen LogP contribution in [0.1, 0.15) is 28.7 Å². The minimum atomic E-state index is 0.928. The first kappa shape index (κ1) is 13.7. The van der Waals surface area contributed by atoms with Crippen molar-refractivity contribution in [3.8, 4) is 0 Å². The first-order valence-corrected chi connectivity index (χ1v) is 8.37. The Labute approximate surface area is 129 Å². The second-order valence-electron chi connectivity index (χ2n) is 5.55. The average molecular weight is 330 g/mol. The van der Waals surface area contributed by atoms with Crippen LogP contribution in [0.4, 0.5) is 5.69 Å². The Kier molecular flexibility index (Phi) is 4.11. The summed E-state index contributed by atoms with van der Waals surface area (Å²) in [5, 5.41) is 0.928. The van der Waals surface area contributed by atoms with Crippen molar-refractivity contribution in [3.05, 3.63) is 64.7 Å². The molecule has 1 aliphatic heterocycles. The molecule has 1 nitrogen and oxygen atoms in total. The number of hydrogen-bond donors (Lipinski definition) is 0. The van der Waals surface area contributed by atoms with Gasteiger partial charge in [0.05, 0.1) is 0 Å². The Morgan fingerprint density at radius 1 is 1.10 bits per heavy atom. The van der Waals surface area contributed by atoms with Crippen molar-refractivity contribution in [3.63, 3.8) is 0 Å². The second-order valence-corrected chi connectivity index (χ2v) is 6.11. The van der Waals surface area contributed by atoms with Crippen LogP contribution in [-0.4, -0.2) is 6.54 Å². The van der Waals surface area contributed by atoms with E-state index in [0.29, 0.717) is 0 Å². The summed E-state index contributed by atoms with van der Waals surface area (Å²) in [7, 11) is 0. The molecule has 3 rings (SSSR count). The zero-order valence-electron chi connectivity index (χ0n) is 11.9. The lowest BCUT2D eigenvalue weighted by atomic mass is 10.0. The Morgan fingerprint density at radius 2 is 1.90 bits per heavy atom. The molecule has 0 fully saturated rings. The summed E-state index contributed by atoms with van der Waals surface area (Å²) in [4.78, 5) is 2.53. The third kappa shape index (κ3) is 2.76. The van der Waals surface area contributed by atoms with Crippen molar-refractivity contribution in [2.75, 3.05) is 11.4 Å². The van der Waals surface area contributed by atoms with Crippen LogP contribution in [-0.2, 0) is 18.3 Å². The van der Waals surface area contributed by atoms with E-state index in [2.05, 4.69) is 70.2 Å². The van der Waals surface area contributed by atoms with Gasteiger partial charge in [-0.15, -0.1) is 0 Å². The first-order chi connectivity index (χ1) is 9.78. The van der Waals surface area contributed by atoms with Gasteiger partial charge in [-0.25, -0.2) is 0 Å². The number of alkyl halides is 1. The summed E-state index contributed by atoms with van der Waals surface area (Å²) in [6.07, 6.45) is 2.43. The first-order valence-electron chi connectivity index (χ1n) is 7.25. The Bertz CT molecular complexity index is 606. The second kappa shape index (κ2) is 6.01. The highest BCUT2D eigenvalue weighted by Gasteiger charge is 2.15. The number of hydrogen-bond acceptors (Lipinski definition) is 1. The molecule has 1 heterocycles. The normalized spacial score (nSPS) is 14.8. The molecule has 0 saturated heterocycles. The molecule has 0 spiro atoms. The number of aryl methyl sites for hydroxylation is 2. The fourth-order valence-electron chi connectivity index (χ4n) is 3.06. The predicted octanol–water partition coefficient (Wildman–Crippen LogP) is 4.84. The molecular weight excluding hydrogens is 310 g/mol. The van der Waals surface area contributed by atoms with Crippen LogP contribution in [0.3, 0.4) is 0 Å². The highest BCUT2D eigenvalue weighted by atomic mass is 79.9. The van der Waals surface area contributed by atoms with Crippen LogP contribution in [0, 0.1) is 6.92 Å². The van der Waals surface area contributed by atoms with Gasteiger partial charge in [-0.05, 0) is 48.1 Å². The molecule has 2 aromatic rings. The van der Waals surface area contributed by atoms with E-state index in [1.54, 1.807) is 0 Å². The molecular formula is C18H20BrN. The number of fused-ring (bicyclic) bond motifs is 1.